The van der Waals surface area contributed by atoms with E-state index >= 15 is 0 Å². The standard InChI is InChI=1S/C26H22F3N3O/c1-30-23-9-5-8-21(18-23)25(33)32-16-14-31(15-17-32)24(19-6-3-2-4-7-19)20-10-12-22(13-11-20)26(27,28)29/h2-13,18,24H,14-17H2. The lowest BCUT2D eigenvalue weighted by Gasteiger charge is -2.40. The molecule has 1 atom stereocenters. The van der Waals surface area contributed by atoms with Gasteiger partial charge in [-0.15, -0.1) is 0 Å². The van der Waals surface area contributed by atoms with Gasteiger partial charge < -0.3 is 4.90 Å². The summed E-state index contributed by atoms with van der Waals surface area (Å²) in [6, 6.07) is 21.4. The SMILES string of the molecule is [C-]#[N+]c1cccc(C(=O)N2CCN(C(c3ccccc3)c3ccc(C(F)(F)F)cc3)CC2)c1. The van der Waals surface area contributed by atoms with Crippen LogP contribution in [0.1, 0.15) is 33.1 Å². The smallest absolute Gasteiger partial charge is 0.336 e. The van der Waals surface area contributed by atoms with Crippen LogP contribution >= 0.6 is 0 Å². The molecule has 4 rings (SSSR count). The van der Waals surface area contributed by atoms with Gasteiger partial charge in [0.2, 0.25) is 0 Å². The summed E-state index contributed by atoms with van der Waals surface area (Å²) in [7, 11) is 0. The van der Waals surface area contributed by atoms with E-state index in [9.17, 15) is 18.0 Å². The van der Waals surface area contributed by atoms with E-state index in [0.717, 1.165) is 23.3 Å². The van der Waals surface area contributed by atoms with Gasteiger partial charge in [0.25, 0.3) is 5.91 Å². The van der Waals surface area contributed by atoms with Crippen molar-refractivity contribution in [3.8, 4) is 0 Å². The first-order valence-electron chi connectivity index (χ1n) is 10.6. The molecular weight excluding hydrogens is 427 g/mol. The van der Waals surface area contributed by atoms with Crippen molar-refractivity contribution >= 4 is 11.6 Å². The number of benzene rings is 3. The second kappa shape index (κ2) is 9.47. The average Bonchev–Trinajstić information content (AvgIpc) is 2.85. The molecule has 168 valence electrons. The normalized spacial score (nSPS) is 15.6. The first kappa shape index (κ1) is 22.6. The van der Waals surface area contributed by atoms with Gasteiger partial charge in [-0.05, 0) is 29.3 Å². The van der Waals surface area contributed by atoms with E-state index < -0.39 is 11.7 Å². The van der Waals surface area contributed by atoms with E-state index in [1.54, 1.807) is 29.2 Å². The van der Waals surface area contributed by atoms with Crippen molar-refractivity contribution < 1.29 is 18.0 Å². The lowest BCUT2D eigenvalue weighted by molar-refractivity contribution is -0.137. The quantitative estimate of drug-likeness (QED) is 0.471. The number of halogens is 3. The highest BCUT2D eigenvalue weighted by Gasteiger charge is 2.32. The highest BCUT2D eigenvalue weighted by atomic mass is 19.4. The topological polar surface area (TPSA) is 27.9 Å². The number of amides is 1. The fraction of sp³-hybridized carbons (Fsp3) is 0.231. The number of hydrogen-bond acceptors (Lipinski definition) is 2. The summed E-state index contributed by atoms with van der Waals surface area (Å²) in [5, 5.41) is 0. The number of nitrogens with zero attached hydrogens (tertiary/aromatic N) is 3. The first-order chi connectivity index (χ1) is 15.9. The van der Waals surface area contributed by atoms with Gasteiger partial charge in [-0.2, -0.15) is 13.2 Å². The average molecular weight is 449 g/mol. The van der Waals surface area contributed by atoms with Crippen LogP contribution in [-0.4, -0.2) is 41.9 Å². The van der Waals surface area contributed by atoms with E-state index in [-0.39, 0.29) is 11.9 Å². The zero-order valence-electron chi connectivity index (χ0n) is 17.8. The Morgan fingerprint density at radius 2 is 1.48 bits per heavy atom. The van der Waals surface area contributed by atoms with Gasteiger partial charge in [-0.25, -0.2) is 4.85 Å². The minimum Gasteiger partial charge on any atom is -0.336 e. The van der Waals surface area contributed by atoms with E-state index in [1.807, 2.05) is 30.3 Å². The molecule has 4 nitrogen and oxygen atoms in total. The Morgan fingerprint density at radius 3 is 2.09 bits per heavy atom. The van der Waals surface area contributed by atoms with Crippen LogP contribution in [0.5, 0.6) is 0 Å². The molecule has 0 bridgehead atoms. The largest absolute Gasteiger partial charge is 0.416 e. The fourth-order valence-electron chi connectivity index (χ4n) is 4.18. The molecule has 3 aromatic rings. The molecular formula is C26H22F3N3O. The van der Waals surface area contributed by atoms with Crippen molar-refractivity contribution in [2.75, 3.05) is 26.2 Å². The van der Waals surface area contributed by atoms with Crippen LogP contribution in [0.2, 0.25) is 0 Å². The van der Waals surface area contributed by atoms with Gasteiger partial charge in [0.1, 0.15) is 0 Å². The van der Waals surface area contributed by atoms with Crippen molar-refractivity contribution in [2.24, 2.45) is 0 Å². The van der Waals surface area contributed by atoms with Crippen molar-refractivity contribution in [1.29, 1.82) is 0 Å². The molecule has 0 N–H and O–H groups in total. The van der Waals surface area contributed by atoms with Crippen molar-refractivity contribution in [1.82, 2.24) is 9.80 Å². The molecule has 0 saturated carbocycles. The second-order valence-electron chi connectivity index (χ2n) is 7.92. The van der Waals surface area contributed by atoms with Crippen LogP contribution in [-0.2, 0) is 6.18 Å². The fourth-order valence-corrected chi connectivity index (χ4v) is 4.18. The molecule has 0 aliphatic carbocycles. The maximum atomic E-state index is 13.0. The van der Waals surface area contributed by atoms with E-state index in [2.05, 4.69) is 9.74 Å². The Morgan fingerprint density at radius 1 is 0.848 bits per heavy atom. The zero-order valence-corrected chi connectivity index (χ0v) is 17.8. The third kappa shape index (κ3) is 5.07. The molecule has 1 fully saturated rings. The molecule has 1 aliphatic rings. The summed E-state index contributed by atoms with van der Waals surface area (Å²) in [5.41, 5.74) is 2.00. The molecule has 7 heteroatoms. The van der Waals surface area contributed by atoms with Gasteiger partial charge >= 0.3 is 6.18 Å². The molecule has 1 unspecified atom stereocenters. The number of rotatable bonds is 4. The molecule has 0 aromatic heterocycles. The predicted molar refractivity (Wildman–Crippen MR) is 120 cm³/mol. The Bertz CT molecular complexity index is 1150. The van der Waals surface area contributed by atoms with Gasteiger partial charge in [0.15, 0.2) is 5.69 Å². The van der Waals surface area contributed by atoms with E-state index in [1.165, 1.54) is 12.1 Å². The summed E-state index contributed by atoms with van der Waals surface area (Å²) < 4.78 is 39.1. The van der Waals surface area contributed by atoms with Gasteiger partial charge in [0.05, 0.1) is 18.2 Å². The van der Waals surface area contributed by atoms with Crippen LogP contribution in [0, 0.1) is 6.57 Å². The van der Waals surface area contributed by atoms with Crippen LogP contribution in [0.15, 0.2) is 78.9 Å². The highest BCUT2D eigenvalue weighted by molar-refractivity contribution is 5.95. The lowest BCUT2D eigenvalue weighted by Crippen LogP contribution is -2.49. The summed E-state index contributed by atoms with van der Waals surface area (Å²) in [4.78, 5) is 20.2. The van der Waals surface area contributed by atoms with Gasteiger partial charge in [-0.3, -0.25) is 9.69 Å². The summed E-state index contributed by atoms with van der Waals surface area (Å²) in [6.45, 7) is 9.28. The molecule has 1 amide bonds. The number of piperazine rings is 1. The van der Waals surface area contributed by atoms with Gasteiger partial charge in [-0.1, -0.05) is 60.7 Å². The molecule has 0 spiro atoms. The first-order valence-corrected chi connectivity index (χ1v) is 10.6. The Labute approximate surface area is 190 Å². The lowest BCUT2D eigenvalue weighted by atomic mass is 9.95. The monoisotopic (exact) mass is 449 g/mol. The Hall–Kier alpha value is -3.63. The third-order valence-electron chi connectivity index (χ3n) is 5.86. The molecule has 1 heterocycles. The van der Waals surface area contributed by atoms with Crippen LogP contribution in [0.3, 0.4) is 0 Å². The number of carbonyl (C=O) groups excluding carboxylic acids is 1. The van der Waals surface area contributed by atoms with Gasteiger partial charge in [0, 0.05) is 31.7 Å². The number of hydrogen-bond donors (Lipinski definition) is 0. The van der Waals surface area contributed by atoms with Crippen molar-refractivity contribution in [2.45, 2.75) is 12.2 Å². The summed E-state index contributed by atoms with van der Waals surface area (Å²) in [6.07, 6.45) is -4.38. The number of carbonyl (C=O) groups is 1. The third-order valence-corrected chi connectivity index (χ3v) is 5.86. The minimum absolute atomic E-state index is 0.119. The van der Waals surface area contributed by atoms with Crippen molar-refractivity contribution in [3.63, 3.8) is 0 Å². The van der Waals surface area contributed by atoms with Crippen molar-refractivity contribution in [3.05, 3.63) is 113 Å². The van der Waals surface area contributed by atoms with E-state index in [0.29, 0.717) is 37.4 Å². The Kier molecular flexibility index (Phi) is 6.47. The molecule has 1 saturated heterocycles. The van der Waals surface area contributed by atoms with Crippen LogP contribution in [0.25, 0.3) is 4.85 Å². The maximum Gasteiger partial charge on any atom is 0.416 e. The Balaban J connectivity index is 1.54. The zero-order chi connectivity index (χ0) is 23.4. The molecule has 1 aliphatic heterocycles. The predicted octanol–water partition coefficient (Wildman–Crippen LogP) is 5.80. The molecule has 33 heavy (non-hydrogen) atoms. The minimum atomic E-state index is -4.38. The summed E-state index contributed by atoms with van der Waals surface area (Å²) >= 11 is 0. The second-order valence-corrected chi connectivity index (χ2v) is 7.92. The summed E-state index contributed by atoms with van der Waals surface area (Å²) in [5.74, 6) is -0.119. The van der Waals surface area contributed by atoms with Crippen LogP contribution in [0.4, 0.5) is 18.9 Å². The molecule has 3 aromatic carbocycles. The maximum absolute atomic E-state index is 13.0. The highest BCUT2D eigenvalue weighted by Crippen LogP contribution is 2.34. The van der Waals surface area contributed by atoms with Crippen LogP contribution < -0.4 is 0 Å². The van der Waals surface area contributed by atoms with E-state index in [4.69, 9.17) is 6.57 Å². The molecule has 0 radical (unpaired) electrons. The number of alkyl halides is 3.